The van der Waals surface area contributed by atoms with E-state index in [9.17, 15) is 24.3 Å². The maximum Gasteiger partial charge on any atom is 0.407 e. The van der Waals surface area contributed by atoms with E-state index in [0.717, 1.165) is 11.6 Å². The van der Waals surface area contributed by atoms with E-state index in [0.29, 0.717) is 0 Å². The second-order valence-corrected chi connectivity index (χ2v) is 6.21. The van der Waals surface area contributed by atoms with Gasteiger partial charge in [-0.25, -0.2) is 9.59 Å². The van der Waals surface area contributed by atoms with Crippen molar-refractivity contribution in [2.45, 2.75) is 38.5 Å². The number of aliphatic hydroxyl groups excluding tert-OH is 1. The van der Waals surface area contributed by atoms with E-state index in [2.05, 4.69) is 10.6 Å². The predicted octanol–water partition coefficient (Wildman–Crippen LogP) is 0.143. The fourth-order valence-electron chi connectivity index (χ4n) is 2.25. The topological polar surface area (TPSA) is 157 Å². The second kappa shape index (κ2) is 13.7. The van der Waals surface area contributed by atoms with Crippen LogP contribution in [0.15, 0.2) is 42.5 Å². The highest BCUT2D eigenvalue weighted by Gasteiger charge is 2.19. The molecular weight excluding hydrogens is 394 g/mol. The van der Waals surface area contributed by atoms with Gasteiger partial charge in [-0.15, -0.1) is 0 Å². The minimum absolute atomic E-state index is 0.0138. The first-order valence-corrected chi connectivity index (χ1v) is 9.36. The molecule has 0 heterocycles. The normalized spacial score (nSPS) is 12.6. The Morgan fingerprint density at radius 1 is 1.17 bits per heavy atom. The maximum atomic E-state index is 12.0. The number of nitrogens with two attached hydrogens (primary N) is 1. The molecule has 0 bridgehead atoms. The third-order valence-corrected chi connectivity index (χ3v) is 3.71. The van der Waals surface area contributed by atoms with Gasteiger partial charge in [0.15, 0.2) is 0 Å². The van der Waals surface area contributed by atoms with Crippen molar-refractivity contribution in [1.29, 1.82) is 0 Å². The standard InChI is InChI=1S/C20H27N3O7/c1-2-29-18(26)10-6-9-16(19(21)27)23-17(25)11-15(24)12-22-20(28)30-13-14-7-4-3-5-8-14/h3-8,10,15-16,24H,2,9,11-13H2,1H3,(H2,21,27)(H,22,28)(H,23,25)/b10-6+/t15-,16-/m0/s1. The predicted molar refractivity (Wildman–Crippen MR) is 107 cm³/mol. The molecule has 0 saturated carbocycles. The van der Waals surface area contributed by atoms with Crippen LogP contribution in [0.2, 0.25) is 0 Å². The van der Waals surface area contributed by atoms with Crippen LogP contribution in [0.4, 0.5) is 4.79 Å². The molecule has 30 heavy (non-hydrogen) atoms. The molecule has 164 valence electrons. The lowest BCUT2D eigenvalue weighted by atomic mass is 10.1. The summed E-state index contributed by atoms with van der Waals surface area (Å²) in [6.45, 7) is 1.72. The van der Waals surface area contributed by atoms with E-state index >= 15 is 0 Å². The molecule has 2 atom stereocenters. The summed E-state index contributed by atoms with van der Waals surface area (Å²) in [5, 5.41) is 14.6. The Balaban J connectivity index is 2.34. The lowest BCUT2D eigenvalue weighted by molar-refractivity contribution is -0.137. The van der Waals surface area contributed by atoms with Crippen molar-refractivity contribution in [3.8, 4) is 0 Å². The Labute approximate surface area is 174 Å². The SMILES string of the molecule is CCOC(=O)/C=C/C[C@H](NC(=O)C[C@H](O)CNC(=O)OCc1ccccc1)C(N)=O. The Hall–Kier alpha value is -3.40. The minimum atomic E-state index is -1.20. The molecule has 1 rings (SSSR count). The van der Waals surface area contributed by atoms with Crippen LogP contribution in [-0.2, 0) is 30.5 Å². The number of aliphatic hydroxyl groups is 1. The van der Waals surface area contributed by atoms with Crippen molar-refractivity contribution >= 4 is 23.9 Å². The number of benzene rings is 1. The molecule has 0 aromatic heterocycles. The van der Waals surface area contributed by atoms with E-state index < -0.39 is 36.0 Å². The van der Waals surface area contributed by atoms with Gasteiger partial charge in [-0.2, -0.15) is 0 Å². The Bertz CT molecular complexity index is 737. The average molecular weight is 421 g/mol. The number of alkyl carbamates (subject to hydrolysis) is 1. The van der Waals surface area contributed by atoms with Crippen molar-refractivity contribution in [2.75, 3.05) is 13.2 Å². The molecule has 5 N–H and O–H groups in total. The zero-order valence-corrected chi connectivity index (χ0v) is 16.7. The number of carbonyl (C=O) groups is 4. The van der Waals surface area contributed by atoms with E-state index in [1.165, 1.54) is 6.08 Å². The monoisotopic (exact) mass is 421 g/mol. The van der Waals surface area contributed by atoms with Gasteiger partial charge in [0.1, 0.15) is 12.6 Å². The molecular formula is C20H27N3O7. The Morgan fingerprint density at radius 3 is 2.50 bits per heavy atom. The van der Waals surface area contributed by atoms with Gasteiger partial charge in [-0.1, -0.05) is 36.4 Å². The highest BCUT2D eigenvalue weighted by Crippen LogP contribution is 2.01. The molecule has 0 unspecified atom stereocenters. The van der Waals surface area contributed by atoms with Gasteiger partial charge in [-0.05, 0) is 18.9 Å². The second-order valence-electron chi connectivity index (χ2n) is 6.21. The molecule has 0 saturated heterocycles. The van der Waals surface area contributed by atoms with Crippen molar-refractivity contribution in [3.63, 3.8) is 0 Å². The molecule has 0 spiro atoms. The lowest BCUT2D eigenvalue weighted by Gasteiger charge is -2.16. The van der Waals surface area contributed by atoms with Gasteiger partial charge >= 0.3 is 12.1 Å². The average Bonchev–Trinajstić information content (AvgIpc) is 2.70. The summed E-state index contributed by atoms with van der Waals surface area (Å²) in [6.07, 6.45) is 0.167. The number of hydrogen-bond acceptors (Lipinski definition) is 7. The highest BCUT2D eigenvalue weighted by molar-refractivity contribution is 5.87. The fraction of sp³-hybridized carbons (Fsp3) is 0.400. The van der Waals surface area contributed by atoms with E-state index in [4.69, 9.17) is 15.2 Å². The molecule has 1 aromatic rings. The number of carbonyl (C=O) groups excluding carboxylic acids is 4. The minimum Gasteiger partial charge on any atom is -0.463 e. The van der Waals surface area contributed by atoms with Crippen LogP contribution in [0, 0.1) is 0 Å². The molecule has 1 aromatic carbocycles. The molecule has 10 nitrogen and oxygen atoms in total. The zero-order valence-electron chi connectivity index (χ0n) is 16.7. The number of hydrogen-bond donors (Lipinski definition) is 4. The maximum absolute atomic E-state index is 12.0. The number of ether oxygens (including phenoxy) is 2. The van der Waals surface area contributed by atoms with Crippen LogP contribution in [-0.4, -0.2) is 54.3 Å². The van der Waals surface area contributed by atoms with Gasteiger partial charge in [-0.3, -0.25) is 9.59 Å². The van der Waals surface area contributed by atoms with Crippen molar-refractivity contribution in [2.24, 2.45) is 5.73 Å². The van der Waals surface area contributed by atoms with Crippen LogP contribution >= 0.6 is 0 Å². The van der Waals surface area contributed by atoms with Gasteiger partial charge in [0.2, 0.25) is 11.8 Å². The summed E-state index contributed by atoms with van der Waals surface area (Å²) < 4.78 is 9.69. The smallest absolute Gasteiger partial charge is 0.407 e. The lowest BCUT2D eigenvalue weighted by Crippen LogP contribution is -2.45. The highest BCUT2D eigenvalue weighted by atomic mass is 16.5. The summed E-state index contributed by atoms with van der Waals surface area (Å²) in [5.41, 5.74) is 6.04. The third kappa shape index (κ3) is 10.8. The molecule has 0 aliphatic carbocycles. The van der Waals surface area contributed by atoms with Gasteiger partial charge in [0, 0.05) is 12.6 Å². The zero-order chi connectivity index (χ0) is 22.4. The number of esters is 1. The van der Waals surface area contributed by atoms with Gasteiger partial charge in [0.25, 0.3) is 0 Å². The van der Waals surface area contributed by atoms with Crippen LogP contribution in [0.5, 0.6) is 0 Å². The Kier molecular flexibility index (Phi) is 11.3. The third-order valence-electron chi connectivity index (χ3n) is 3.71. The number of primary amides is 1. The van der Waals surface area contributed by atoms with Crippen molar-refractivity contribution < 1.29 is 33.8 Å². The first-order chi connectivity index (χ1) is 14.3. The Morgan fingerprint density at radius 2 is 1.87 bits per heavy atom. The summed E-state index contributed by atoms with van der Waals surface area (Å²) in [6, 6.07) is 7.99. The fourth-order valence-corrected chi connectivity index (χ4v) is 2.25. The van der Waals surface area contributed by atoms with Crippen molar-refractivity contribution in [3.05, 3.63) is 48.0 Å². The quantitative estimate of drug-likeness (QED) is 0.276. The molecule has 3 amide bonds. The first-order valence-electron chi connectivity index (χ1n) is 9.36. The van der Waals surface area contributed by atoms with E-state index in [-0.39, 0.29) is 32.6 Å². The number of amides is 3. The van der Waals surface area contributed by atoms with Crippen molar-refractivity contribution in [1.82, 2.24) is 10.6 Å². The van der Waals surface area contributed by atoms with Crippen LogP contribution in [0.25, 0.3) is 0 Å². The van der Waals surface area contributed by atoms with Crippen LogP contribution in [0.3, 0.4) is 0 Å². The molecule has 10 heteroatoms. The first kappa shape index (κ1) is 24.6. The van der Waals surface area contributed by atoms with E-state index in [1.54, 1.807) is 19.1 Å². The van der Waals surface area contributed by atoms with Crippen LogP contribution in [0.1, 0.15) is 25.3 Å². The van der Waals surface area contributed by atoms with Crippen LogP contribution < -0.4 is 16.4 Å². The molecule has 0 aliphatic rings. The van der Waals surface area contributed by atoms with Gasteiger partial charge < -0.3 is 30.9 Å². The molecule has 0 radical (unpaired) electrons. The summed E-state index contributed by atoms with van der Waals surface area (Å²) in [7, 11) is 0. The summed E-state index contributed by atoms with van der Waals surface area (Å²) >= 11 is 0. The molecule has 0 aliphatic heterocycles. The largest absolute Gasteiger partial charge is 0.463 e. The van der Waals surface area contributed by atoms with Gasteiger partial charge in [0.05, 0.1) is 19.1 Å². The summed E-state index contributed by atoms with van der Waals surface area (Å²) in [5.74, 6) is -2.02. The van der Waals surface area contributed by atoms with E-state index in [1.807, 2.05) is 18.2 Å². The number of nitrogens with one attached hydrogen (secondary N) is 2. The molecule has 0 fully saturated rings. The number of rotatable bonds is 12. The summed E-state index contributed by atoms with van der Waals surface area (Å²) in [4.78, 5) is 46.3.